The Morgan fingerprint density at radius 1 is 1.47 bits per heavy atom. The van der Waals surface area contributed by atoms with Crippen molar-refractivity contribution < 1.29 is 14.0 Å². The lowest BCUT2D eigenvalue weighted by molar-refractivity contribution is -0.117. The summed E-state index contributed by atoms with van der Waals surface area (Å²) >= 11 is 0. The number of hydrogen-bond acceptors (Lipinski definition) is 3. The van der Waals surface area contributed by atoms with Gasteiger partial charge < -0.3 is 9.21 Å². The quantitative estimate of drug-likeness (QED) is 0.408. The number of unbranched alkanes of at least 4 members (excludes halogenated alkanes) is 1. The third-order valence-electron chi connectivity index (χ3n) is 1.93. The molecule has 0 spiro atoms. The van der Waals surface area contributed by atoms with Gasteiger partial charge in [-0.15, -0.1) is 0 Å². The lowest BCUT2D eigenvalue weighted by atomic mass is 10.1. The van der Waals surface area contributed by atoms with E-state index in [-0.39, 0.29) is 11.6 Å². The standard InChI is InChI=1S/C12H14O3/c1-10(13)6-3-2-4-7-11(14)12-8-5-9-15-12/h4-5,7-9H,2-3,6H2,1H3. The molecule has 1 heterocycles. The average molecular weight is 206 g/mol. The number of ketones is 2. The zero-order valence-corrected chi connectivity index (χ0v) is 8.73. The van der Waals surface area contributed by atoms with Crippen LogP contribution < -0.4 is 0 Å². The normalized spacial score (nSPS) is 10.7. The topological polar surface area (TPSA) is 47.3 Å². The molecule has 1 aromatic rings. The number of carbonyl (C=O) groups is 2. The van der Waals surface area contributed by atoms with Crippen LogP contribution >= 0.6 is 0 Å². The second-order valence-electron chi connectivity index (χ2n) is 3.34. The maximum atomic E-state index is 11.4. The fraction of sp³-hybridized carbons (Fsp3) is 0.333. The molecule has 0 aromatic carbocycles. The first-order valence-corrected chi connectivity index (χ1v) is 4.94. The summed E-state index contributed by atoms with van der Waals surface area (Å²) in [5.41, 5.74) is 0. The Kier molecular flexibility index (Phi) is 4.54. The number of furan rings is 1. The number of hydrogen-bond donors (Lipinski definition) is 0. The van der Waals surface area contributed by atoms with Gasteiger partial charge in [-0.05, 0) is 38.0 Å². The molecule has 0 radical (unpaired) electrons. The summed E-state index contributed by atoms with van der Waals surface area (Å²) in [7, 11) is 0. The van der Waals surface area contributed by atoms with E-state index in [0.29, 0.717) is 12.2 Å². The Labute approximate surface area is 88.8 Å². The van der Waals surface area contributed by atoms with Gasteiger partial charge in [0.2, 0.25) is 5.78 Å². The van der Waals surface area contributed by atoms with Crippen LogP contribution in [0.4, 0.5) is 0 Å². The Bertz CT molecular complexity index is 347. The fourth-order valence-corrected chi connectivity index (χ4v) is 1.16. The molecular formula is C12H14O3. The highest BCUT2D eigenvalue weighted by Crippen LogP contribution is 2.03. The highest BCUT2D eigenvalue weighted by atomic mass is 16.3. The van der Waals surface area contributed by atoms with Crippen LogP contribution in [-0.2, 0) is 4.79 Å². The minimum atomic E-state index is -0.136. The van der Waals surface area contributed by atoms with Gasteiger partial charge >= 0.3 is 0 Å². The van der Waals surface area contributed by atoms with Crippen molar-refractivity contribution in [1.29, 1.82) is 0 Å². The first kappa shape index (κ1) is 11.4. The average Bonchev–Trinajstić information content (AvgIpc) is 2.69. The zero-order valence-electron chi connectivity index (χ0n) is 8.73. The molecule has 0 atom stereocenters. The van der Waals surface area contributed by atoms with E-state index in [4.69, 9.17) is 4.42 Å². The lowest BCUT2D eigenvalue weighted by Gasteiger charge is -1.91. The molecule has 0 aliphatic carbocycles. The van der Waals surface area contributed by atoms with E-state index in [9.17, 15) is 9.59 Å². The number of Topliss-reactive ketones (excluding diaryl/α,β-unsaturated/α-hetero) is 1. The molecule has 3 heteroatoms. The number of carbonyl (C=O) groups excluding carboxylic acids is 2. The summed E-state index contributed by atoms with van der Waals surface area (Å²) in [6, 6.07) is 3.30. The molecule has 80 valence electrons. The molecule has 1 rings (SSSR count). The zero-order chi connectivity index (χ0) is 11.1. The maximum Gasteiger partial charge on any atom is 0.220 e. The lowest BCUT2D eigenvalue weighted by Crippen LogP contribution is -1.91. The van der Waals surface area contributed by atoms with Gasteiger partial charge in [0.25, 0.3) is 0 Å². The molecule has 3 nitrogen and oxygen atoms in total. The van der Waals surface area contributed by atoms with Crippen LogP contribution in [-0.4, -0.2) is 11.6 Å². The van der Waals surface area contributed by atoms with E-state index in [1.807, 2.05) is 0 Å². The summed E-state index contributed by atoms with van der Waals surface area (Å²) in [5.74, 6) is 0.390. The molecular weight excluding hydrogens is 192 g/mol. The van der Waals surface area contributed by atoms with Gasteiger partial charge in [-0.25, -0.2) is 0 Å². The largest absolute Gasteiger partial charge is 0.461 e. The molecule has 0 bridgehead atoms. The Hall–Kier alpha value is -1.64. The van der Waals surface area contributed by atoms with Gasteiger partial charge in [0.05, 0.1) is 6.26 Å². The summed E-state index contributed by atoms with van der Waals surface area (Å²) < 4.78 is 4.94. The van der Waals surface area contributed by atoms with Crippen molar-refractivity contribution in [2.45, 2.75) is 26.2 Å². The van der Waals surface area contributed by atoms with Crippen LogP contribution in [0.15, 0.2) is 35.0 Å². The van der Waals surface area contributed by atoms with Gasteiger partial charge in [0, 0.05) is 6.42 Å². The van der Waals surface area contributed by atoms with Gasteiger partial charge in [-0.3, -0.25) is 4.79 Å². The molecule has 0 amide bonds. The molecule has 0 fully saturated rings. The molecule has 0 aliphatic heterocycles. The van der Waals surface area contributed by atoms with Gasteiger partial charge in [0.15, 0.2) is 5.76 Å². The van der Waals surface area contributed by atoms with Crippen molar-refractivity contribution in [3.05, 3.63) is 36.3 Å². The fourth-order valence-electron chi connectivity index (χ4n) is 1.16. The Morgan fingerprint density at radius 3 is 2.87 bits per heavy atom. The summed E-state index contributed by atoms with van der Waals surface area (Å²) in [6.45, 7) is 1.57. The van der Waals surface area contributed by atoms with Crippen molar-refractivity contribution in [3.8, 4) is 0 Å². The second-order valence-corrected chi connectivity index (χ2v) is 3.34. The third kappa shape index (κ3) is 4.40. The molecule has 0 saturated carbocycles. The van der Waals surface area contributed by atoms with Crippen molar-refractivity contribution in [1.82, 2.24) is 0 Å². The van der Waals surface area contributed by atoms with Crippen LogP contribution in [0.5, 0.6) is 0 Å². The smallest absolute Gasteiger partial charge is 0.220 e. The van der Waals surface area contributed by atoms with Crippen LogP contribution in [0, 0.1) is 0 Å². The van der Waals surface area contributed by atoms with Crippen molar-refractivity contribution in [2.75, 3.05) is 0 Å². The SMILES string of the molecule is CC(=O)CCCC=CC(=O)c1ccco1. The molecule has 0 saturated heterocycles. The van der Waals surface area contributed by atoms with E-state index in [2.05, 4.69) is 0 Å². The molecule has 1 aromatic heterocycles. The van der Waals surface area contributed by atoms with E-state index < -0.39 is 0 Å². The van der Waals surface area contributed by atoms with Crippen molar-refractivity contribution in [3.63, 3.8) is 0 Å². The van der Waals surface area contributed by atoms with Gasteiger partial charge in [-0.2, -0.15) is 0 Å². The van der Waals surface area contributed by atoms with Gasteiger partial charge in [-0.1, -0.05) is 6.08 Å². The maximum absolute atomic E-state index is 11.4. The summed E-state index contributed by atoms with van der Waals surface area (Å²) in [5, 5.41) is 0. The first-order chi connectivity index (χ1) is 7.20. The minimum Gasteiger partial charge on any atom is -0.461 e. The predicted molar refractivity (Wildman–Crippen MR) is 56.7 cm³/mol. The summed E-state index contributed by atoms with van der Waals surface area (Å²) in [4.78, 5) is 22.0. The monoisotopic (exact) mass is 206 g/mol. The van der Waals surface area contributed by atoms with Crippen molar-refractivity contribution >= 4 is 11.6 Å². The highest BCUT2D eigenvalue weighted by molar-refractivity contribution is 6.02. The van der Waals surface area contributed by atoms with Crippen molar-refractivity contribution in [2.24, 2.45) is 0 Å². The molecule has 0 N–H and O–H groups in total. The van der Waals surface area contributed by atoms with E-state index >= 15 is 0 Å². The number of allylic oxidation sites excluding steroid dienone is 2. The van der Waals surface area contributed by atoms with Crippen LogP contribution in [0.25, 0.3) is 0 Å². The minimum absolute atomic E-state index is 0.136. The molecule has 15 heavy (non-hydrogen) atoms. The highest BCUT2D eigenvalue weighted by Gasteiger charge is 2.02. The summed E-state index contributed by atoms with van der Waals surface area (Å²) in [6.07, 6.45) is 6.83. The molecule has 0 aliphatic rings. The molecule has 0 unspecified atom stereocenters. The Balaban J connectivity index is 2.27. The van der Waals surface area contributed by atoms with Crippen LogP contribution in [0.2, 0.25) is 0 Å². The van der Waals surface area contributed by atoms with E-state index in [0.717, 1.165) is 12.8 Å². The van der Waals surface area contributed by atoms with E-state index in [1.54, 1.807) is 25.1 Å². The Morgan fingerprint density at radius 2 is 2.27 bits per heavy atom. The second kappa shape index (κ2) is 5.96. The third-order valence-corrected chi connectivity index (χ3v) is 1.93. The van der Waals surface area contributed by atoms with Crippen LogP contribution in [0.1, 0.15) is 36.7 Å². The number of rotatable bonds is 6. The van der Waals surface area contributed by atoms with Crippen LogP contribution in [0.3, 0.4) is 0 Å². The first-order valence-electron chi connectivity index (χ1n) is 4.94. The predicted octanol–water partition coefficient (Wildman–Crippen LogP) is 2.78. The van der Waals surface area contributed by atoms with E-state index in [1.165, 1.54) is 12.3 Å². The van der Waals surface area contributed by atoms with Gasteiger partial charge in [0.1, 0.15) is 5.78 Å².